The van der Waals surface area contributed by atoms with Gasteiger partial charge in [-0.2, -0.15) is 0 Å². The smallest absolute Gasteiger partial charge is 0.322 e. The average molecular weight is 329 g/mol. The van der Waals surface area contributed by atoms with Gasteiger partial charge in [0, 0.05) is 38.3 Å². The van der Waals surface area contributed by atoms with Crippen molar-refractivity contribution in [3.05, 3.63) is 36.2 Å². The molecule has 5 nitrogen and oxygen atoms in total. The molecule has 0 unspecified atom stereocenters. The van der Waals surface area contributed by atoms with Gasteiger partial charge in [-0.25, -0.2) is 9.18 Å². The molecule has 0 radical (unpaired) electrons. The van der Waals surface area contributed by atoms with Crippen LogP contribution in [0.1, 0.15) is 6.42 Å². The fourth-order valence-electron chi connectivity index (χ4n) is 3.05. The first-order chi connectivity index (χ1) is 11.7. The molecule has 0 bridgehead atoms. The minimum atomic E-state index is -0.442. The second-order valence-corrected chi connectivity index (χ2v) is 5.88. The molecule has 2 heterocycles. The van der Waals surface area contributed by atoms with Crippen LogP contribution >= 0.6 is 0 Å². The maximum Gasteiger partial charge on any atom is 0.322 e. The molecule has 6 heteroatoms. The number of hydrogen-bond donors (Lipinski definition) is 1. The maximum atomic E-state index is 13.4. The van der Waals surface area contributed by atoms with E-state index in [1.807, 2.05) is 0 Å². The summed E-state index contributed by atoms with van der Waals surface area (Å²) in [5, 5.41) is 2.79. The zero-order valence-corrected chi connectivity index (χ0v) is 13.4. The summed E-state index contributed by atoms with van der Waals surface area (Å²) in [7, 11) is 0. The van der Waals surface area contributed by atoms with E-state index < -0.39 is 5.82 Å². The molecule has 2 amide bonds. The molecule has 24 heavy (non-hydrogen) atoms. The average Bonchev–Trinajstić information content (AvgIpc) is 3.25. The van der Waals surface area contributed by atoms with Crippen LogP contribution < -0.4 is 10.1 Å². The van der Waals surface area contributed by atoms with Crippen molar-refractivity contribution >= 4 is 11.7 Å². The summed E-state index contributed by atoms with van der Waals surface area (Å²) < 4.78 is 18.7. The molecule has 1 aromatic rings. The summed E-state index contributed by atoms with van der Waals surface area (Å²) in [5.41, 5.74) is 0.419. The van der Waals surface area contributed by atoms with Crippen molar-refractivity contribution in [2.24, 2.45) is 0 Å². The molecule has 3 rings (SSSR count). The molecule has 0 spiro atoms. The lowest BCUT2D eigenvalue weighted by molar-refractivity contribution is 0.212. The first-order valence-corrected chi connectivity index (χ1v) is 7.98. The number of benzene rings is 1. The summed E-state index contributed by atoms with van der Waals surface area (Å²) in [6, 6.07) is 4.16. The molecule has 0 aromatic heterocycles. The highest BCUT2D eigenvalue weighted by molar-refractivity contribution is 5.91. The molecule has 0 aliphatic carbocycles. The Hall–Kier alpha value is -2.52. The number of carbonyl (C=O) groups excluding carboxylic acids is 1. The van der Waals surface area contributed by atoms with Gasteiger partial charge >= 0.3 is 6.03 Å². The number of nitrogens with zero attached hydrogens (tertiary/aromatic N) is 2. The first kappa shape index (κ1) is 16.3. The molecular weight excluding hydrogens is 309 g/mol. The van der Waals surface area contributed by atoms with Gasteiger partial charge in [0.15, 0.2) is 0 Å². The zero-order chi connectivity index (χ0) is 16.9. The predicted molar refractivity (Wildman–Crippen MR) is 90.4 cm³/mol. The second-order valence-electron chi connectivity index (χ2n) is 5.88. The van der Waals surface area contributed by atoms with Crippen molar-refractivity contribution in [2.75, 3.05) is 38.1 Å². The summed E-state index contributed by atoms with van der Waals surface area (Å²) in [6.07, 6.45) is 10.4. The molecule has 1 fully saturated rings. The third kappa shape index (κ3) is 3.69. The van der Waals surface area contributed by atoms with E-state index in [9.17, 15) is 9.18 Å². The SMILES string of the molecule is C#CCOc1cc(F)ccc1NC(=O)N1CC[C@@H](N2CC=CC2)C1. The number of nitrogens with one attached hydrogen (secondary N) is 1. The van der Waals surface area contributed by atoms with Crippen LogP contribution in [0.15, 0.2) is 30.4 Å². The van der Waals surface area contributed by atoms with Gasteiger partial charge in [0.25, 0.3) is 0 Å². The largest absolute Gasteiger partial charge is 0.479 e. The van der Waals surface area contributed by atoms with E-state index in [1.165, 1.54) is 18.2 Å². The van der Waals surface area contributed by atoms with Crippen LogP contribution in [0.5, 0.6) is 5.75 Å². The molecule has 1 atom stereocenters. The number of rotatable bonds is 4. The number of halogens is 1. The number of amides is 2. The summed E-state index contributed by atoms with van der Waals surface area (Å²) in [5.74, 6) is 2.12. The quantitative estimate of drug-likeness (QED) is 0.681. The molecule has 0 saturated carbocycles. The summed E-state index contributed by atoms with van der Waals surface area (Å²) in [6.45, 7) is 3.30. The Morgan fingerprint density at radius 3 is 2.96 bits per heavy atom. The van der Waals surface area contributed by atoms with Crippen LogP contribution in [-0.4, -0.2) is 54.7 Å². The van der Waals surface area contributed by atoms with Crippen molar-refractivity contribution in [2.45, 2.75) is 12.5 Å². The number of hydrogen-bond acceptors (Lipinski definition) is 3. The van der Waals surface area contributed by atoms with Crippen LogP contribution in [0.4, 0.5) is 14.9 Å². The molecule has 126 valence electrons. The van der Waals surface area contributed by atoms with Gasteiger partial charge in [0.1, 0.15) is 18.2 Å². The van der Waals surface area contributed by atoms with Gasteiger partial charge in [-0.15, -0.1) is 6.42 Å². The third-order valence-corrected chi connectivity index (χ3v) is 4.31. The lowest BCUT2D eigenvalue weighted by atomic mass is 10.2. The first-order valence-electron chi connectivity index (χ1n) is 7.98. The third-order valence-electron chi connectivity index (χ3n) is 4.31. The lowest BCUT2D eigenvalue weighted by Crippen LogP contribution is -2.39. The summed E-state index contributed by atoms with van der Waals surface area (Å²) >= 11 is 0. The van der Waals surface area contributed by atoms with E-state index in [1.54, 1.807) is 4.90 Å². The van der Waals surface area contributed by atoms with Crippen molar-refractivity contribution in [1.29, 1.82) is 0 Å². The van der Waals surface area contributed by atoms with Gasteiger partial charge in [0.2, 0.25) is 0 Å². The Balaban J connectivity index is 1.62. The van der Waals surface area contributed by atoms with E-state index in [2.05, 4.69) is 28.3 Å². The fraction of sp³-hybridized carbons (Fsp3) is 0.389. The Bertz CT molecular complexity index is 675. The highest BCUT2D eigenvalue weighted by atomic mass is 19.1. The van der Waals surface area contributed by atoms with Gasteiger partial charge in [0.05, 0.1) is 5.69 Å². The molecule has 1 aromatic carbocycles. The number of terminal acetylenes is 1. The highest BCUT2D eigenvalue weighted by Gasteiger charge is 2.30. The van der Waals surface area contributed by atoms with Crippen LogP contribution in [0, 0.1) is 18.2 Å². The van der Waals surface area contributed by atoms with Crippen molar-refractivity contribution < 1.29 is 13.9 Å². The number of anilines is 1. The van der Waals surface area contributed by atoms with E-state index >= 15 is 0 Å². The number of likely N-dealkylation sites (tertiary alicyclic amines) is 1. The van der Waals surface area contributed by atoms with Crippen molar-refractivity contribution in [3.8, 4) is 18.1 Å². The van der Waals surface area contributed by atoms with Gasteiger partial charge < -0.3 is 15.0 Å². The van der Waals surface area contributed by atoms with Crippen molar-refractivity contribution in [1.82, 2.24) is 9.80 Å². The van der Waals surface area contributed by atoms with E-state index in [0.29, 0.717) is 24.8 Å². The molecule has 2 aliphatic heterocycles. The number of carbonyl (C=O) groups is 1. The van der Waals surface area contributed by atoms with Gasteiger partial charge in [-0.05, 0) is 18.6 Å². The van der Waals surface area contributed by atoms with Crippen LogP contribution in [0.3, 0.4) is 0 Å². The maximum absolute atomic E-state index is 13.4. The van der Waals surface area contributed by atoms with Crippen LogP contribution in [0.2, 0.25) is 0 Å². The molecule has 1 N–H and O–H groups in total. The Morgan fingerprint density at radius 1 is 1.42 bits per heavy atom. The van der Waals surface area contributed by atoms with E-state index in [4.69, 9.17) is 11.2 Å². The topological polar surface area (TPSA) is 44.8 Å². The van der Waals surface area contributed by atoms with E-state index in [0.717, 1.165) is 19.5 Å². The van der Waals surface area contributed by atoms with Gasteiger partial charge in [-0.1, -0.05) is 18.1 Å². The lowest BCUT2D eigenvalue weighted by Gasteiger charge is -2.24. The monoisotopic (exact) mass is 329 g/mol. The summed E-state index contributed by atoms with van der Waals surface area (Å²) in [4.78, 5) is 16.6. The number of urea groups is 1. The Kier molecular flexibility index (Phi) is 5.02. The standard InChI is InChI=1S/C18H20FN3O2/c1-2-11-24-17-12-14(19)5-6-16(17)20-18(23)22-10-7-15(13-22)21-8-3-4-9-21/h1,3-6,12,15H,7-11,13H2,(H,20,23)/t15-/m1/s1. The highest BCUT2D eigenvalue weighted by Crippen LogP contribution is 2.26. The second kappa shape index (κ2) is 7.37. The van der Waals surface area contributed by atoms with Crippen molar-refractivity contribution in [3.63, 3.8) is 0 Å². The zero-order valence-electron chi connectivity index (χ0n) is 13.4. The van der Waals surface area contributed by atoms with E-state index in [-0.39, 0.29) is 18.4 Å². The van der Waals surface area contributed by atoms with Crippen LogP contribution in [-0.2, 0) is 0 Å². The molecule has 2 aliphatic rings. The van der Waals surface area contributed by atoms with Crippen LogP contribution in [0.25, 0.3) is 0 Å². The molecule has 1 saturated heterocycles. The Morgan fingerprint density at radius 2 is 2.21 bits per heavy atom. The minimum Gasteiger partial charge on any atom is -0.479 e. The number of ether oxygens (including phenoxy) is 1. The Labute approximate surface area is 141 Å². The molecular formula is C18H20FN3O2. The normalized spacial score (nSPS) is 20.2. The predicted octanol–water partition coefficient (Wildman–Crippen LogP) is 2.32. The van der Waals surface area contributed by atoms with Gasteiger partial charge in [-0.3, -0.25) is 4.90 Å². The fourth-order valence-corrected chi connectivity index (χ4v) is 3.05. The minimum absolute atomic E-state index is 0.0140.